The van der Waals surface area contributed by atoms with Gasteiger partial charge in [0.15, 0.2) is 12.4 Å². The second-order valence-electron chi connectivity index (χ2n) is 7.92. The molecule has 2 fully saturated rings. The largest absolute Gasteiger partial charge is 0.619 e. The molecule has 2 N–H and O–H groups in total. The van der Waals surface area contributed by atoms with Crippen LogP contribution in [0.3, 0.4) is 0 Å². The van der Waals surface area contributed by atoms with Gasteiger partial charge in [-0.15, -0.1) is 0 Å². The van der Waals surface area contributed by atoms with Crippen LogP contribution < -0.4 is 10.0 Å². The Kier molecular flexibility index (Phi) is 6.98. The Morgan fingerprint density at radius 2 is 2.10 bits per heavy atom. The number of halogens is 2. The van der Waals surface area contributed by atoms with Gasteiger partial charge in [-0.05, 0) is 59.7 Å². The van der Waals surface area contributed by atoms with Crippen molar-refractivity contribution < 1.29 is 19.0 Å². The van der Waals surface area contributed by atoms with Gasteiger partial charge in [0.05, 0.1) is 18.7 Å². The number of nitrogens with one attached hydrogen (secondary N) is 1. The van der Waals surface area contributed by atoms with Crippen molar-refractivity contribution in [3.05, 3.63) is 67.9 Å². The lowest BCUT2D eigenvalue weighted by Gasteiger charge is -2.51. The first-order valence-corrected chi connectivity index (χ1v) is 10.8. The molecule has 162 valence electrons. The summed E-state index contributed by atoms with van der Waals surface area (Å²) >= 11 is 2.03. The molecule has 3 heterocycles. The van der Waals surface area contributed by atoms with Crippen molar-refractivity contribution in [2.45, 2.75) is 44.8 Å². The van der Waals surface area contributed by atoms with E-state index in [0.29, 0.717) is 21.4 Å². The lowest BCUT2D eigenvalue weighted by molar-refractivity contribution is -0.605. The van der Waals surface area contributed by atoms with Gasteiger partial charge in [-0.2, -0.15) is 4.73 Å². The van der Waals surface area contributed by atoms with Crippen LogP contribution in [0.25, 0.3) is 0 Å². The Bertz CT molecular complexity index is 928. The highest BCUT2D eigenvalue weighted by atomic mass is 127. The number of amides is 1. The van der Waals surface area contributed by atoms with Crippen LogP contribution in [0.1, 0.15) is 48.2 Å². The first kappa shape index (κ1) is 22.9. The number of hydrogen-bond acceptors (Lipinski definition) is 4. The number of carbonyl (C=O) groups excluding carboxylic acids is 1. The molecule has 0 unspecified atom stereocenters. The number of aliphatic hydroxyl groups is 1. The van der Waals surface area contributed by atoms with Gasteiger partial charge in [0.25, 0.3) is 5.91 Å². The summed E-state index contributed by atoms with van der Waals surface area (Å²) in [6, 6.07) is 6.37. The van der Waals surface area contributed by atoms with E-state index < -0.39 is 5.60 Å². The van der Waals surface area contributed by atoms with Crippen molar-refractivity contribution in [1.82, 2.24) is 10.2 Å². The van der Waals surface area contributed by atoms with Crippen molar-refractivity contribution >= 4 is 28.5 Å². The molecule has 2 aromatic rings. The summed E-state index contributed by atoms with van der Waals surface area (Å²) in [4.78, 5) is 14.6. The lowest BCUT2D eigenvalue weighted by atomic mass is 9.81. The van der Waals surface area contributed by atoms with E-state index in [1.165, 1.54) is 24.5 Å². The number of likely N-dealkylation sites (tertiary alicyclic amines) is 1. The number of benzene rings is 1. The minimum absolute atomic E-state index is 0. The molecule has 0 saturated carbocycles. The predicted molar refractivity (Wildman–Crippen MR) is 121 cm³/mol. The molecule has 4 rings (SSSR count). The van der Waals surface area contributed by atoms with Crippen LogP contribution in [0.5, 0.6) is 0 Å². The fourth-order valence-electron chi connectivity index (χ4n) is 4.20. The fraction of sp³-hybridized carbons (Fsp3) is 0.455. The molecule has 30 heavy (non-hydrogen) atoms. The predicted octanol–water partition coefficient (Wildman–Crippen LogP) is 2.62. The summed E-state index contributed by atoms with van der Waals surface area (Å²) in [5, 5.41) is 26.0. The van der Waals surface area contributed by atoms with Crippen LogP contribution in [-0.2, 0) is 6.42 Å². The summed E-state index contributed by atoms with van der Waals surface area (Å²) in [5.41, 5.74) is 0.357. The van der Waals surface area contributed by atoms with E-state index in [-0.39, 0.29) is 44.7 Å². The number of β-amino-alcohol motifs (C(OH)–C–C–N with tert-alkyl or cyclic N) is 1. The highest BCUT2D eigenvalue weighted by Gasteiger charge is 2.49. The highest BCUT2D eigenvalue weighted by Crippen LogP contribution is 2.31. The van der Waals surface area contributed by atoms with Crippen molar-refractivity contribution in [2.24, 2.45) is 0 Å². The van der Waals surface area contributed by atoms with Gasteiger partial charge in [0.2, 0.25) is 0 Å². The molecule has 1 aromatic heterocycles. The van der Waals surface area contributed by atoms with E-state index in [9.17, 15) is 19.5 Å². The van der Waals surface area contributed by atoms with Crippen LogP contribution in [0.4, 0.5) is 4.39 Å². The zero-order valence-corrected chi connectivity index (χ0v) is 18.1. The molecule has 2 saturated heterocycles. The maximum atomic E-state index is 14.3. The lowest BCUT2D eigenvalue weighted by Crippen LogP contribution is -2.72. The molecule has 1 aromatic carbocycles. The van der Waals surface area contributed by atoms with E-state index in [2.05, 4.69) is 5.32 Å². The molecular formula is C22H27FIN3O3. The Labute approximate surface area is 189 Å². The SMILES string of the molecule is C.O=C(c1cc[n+]([O-])cc1Cc1ccc(I)cc1F)N1CC(O)([C@@H]2CCCCN2)C1. The summed E-state index contributed by atoms with van der Waals surface area (Å²) in [6.07, 6.45) is 5.82. The molecular weight excluding hydrogens is 500 g/mol. The maximum absolute atomic E-state index is 14.3. The Hall–Kier alpha value is -1.78. The van der Waals surface area contributed by atoms with Gasteiger partial charge in [0.1, 0.15) is 11.4 Å². The molecule has 1 atom stereocenters. The third-order valence-electron chi connectivity index (χ3n) is 5.82. The number of nitrogens with zero attached hydrogens (tertiary/aromatic N) is 2. The number of rotatable bonds is 4. The van der Waals surface area contributed by atoms with Crippen LogP contribution in [0.2, 0.25) is 0 Å². The summed E-state index contributed by atoms with van der Waals surface area (Å²) in [6.45, 7) is 1.40. The third-order valence-corrected chi connectivity index (χ3v) is 6.49. The fourth-order valence-corrected chi connectivity index (χ4v) is 4.65. The minimum Gasteiger partial charge on any atom is -0.619 e. The molecule has 0 spiro atoms. The molecule has 8 heteroatoms. The number of carbonyl (C=O) groups is 1. The zero-order chi connectivity index (χ0) is 20.6. The Morgan fingerprint density at radius 3 is 2.77 bits per heavy atom. The summed E-state index contributed by atoms with van der Waals surface area (Å²) in [7, 11) is 0. The van der Waals surface area contributed by atoms with E-state index in [4.69, 9.17) is 0 Å². The highest BCUT2D eigenvalue weighted by molar-refractivity contribution is 14.1. The van der Waals surface area contributed by atoms with Crippen molar-refractivity contribution in [3.8, 4) is 0 Å². The second-order valence-corrected chi connectivity index (χ2v) is 9.17. The normalized spacial score (nSPS) is 20.2. The van der Waals surface area contributed by atoms with Gasteiger partial charge in [0, 0.05) is 27.7 Å². The number of pyridine rings is 1. The van der Waals surface area contributed by atoms with Crippen LogP contribution in [0, 0.1) is 14.6 Å². The van der Waals surface area contributed by atoms with E-state index in [0.717, 1.165) is 29.4 Å². The maximum Gasteiger partial charge on any atom is 0.254 e. The van der Waals surface area contributed by atoms with Gasteiger partial charge in [-0.1, -0.05) is 19.9 Å². The van der Waals surface area contributed by atoms with Crippen LogP contribution >= 0.6 is 22.6 Å². The average molecular weight is 527 g/mol. The first-order chi connectivity index (χ1) is 13.9. The average Bonchev–Trinajstić information content (AvgIpc) is 2.68. The molecule has 0 bridgehead atoms. The van der Waals surface area contributed by atoms with Gasteiger partial charge < -0.3 is 20.5 Å². The Balaban J connectivity index is 0.00000256. The summed E-state index contributed by atoms with van der Waals surface area (Å²) in [5.74, 6) is -0.606. The standard InChI is InChI=1S/C21H23FIN3O3.CH4/c22-18-10-16(23)5-4-14(18)9-15-11-26(29)8-6-17(15)20(27)25-12-21(28,13-25)19-3-1-2-7-24-19;/h4-6,8,10-11,19,24,28H,1-3,7,9,12-13H2;1H4/t19-;/m0./s1. The topological polar surface area (TPSA) is 79.5 Å². The van der Waals surface area contributed by atoms with Crippen molar-refractivity contribution in [2.75, 3.05) is 19.6 Å². The minimum atomic E-state index is -0.911. The molecule has 6 nitrogen and oxygen atoms in total. The smallest absolute Gasteiger partial charge is 0.254 e. The van der Waals surface area contributed by atoms with Crippen LogP contribution in [0.15, 0.2) is 36.7 Å². The van der Waals surface area contributed by atoms with Gasteiger partial charge >= 0.3 is 0 Å². The van der Waals surface area contributed by atoms with Crippen molar-refractivity contribution in [3.63, 3.8) is 0 Å². The molecule has 1 amide bonds. The number of piperidine rings is 1. The van der Waals surface area contributed by atoms with Gasteiger partial charge in [-0.3, -0.25) is 4.79 Å². The first-order valence-electron chi connectivity index (χ1n) is 9.76. The molecule has 0 aliphatic carbocycles. The third kappa shape index (κ3) is 4.60. The monoisotopic (exact) mass is 527 g/mol. The zero-order valence-electron chi connectivity index (χ0n) is 15.9. The number of hydrogen-bond donors (Lipinski definition) is 2. The molecule has 0 radical (unpaired) electrons. The van der Waals surface area contributed by atoms with E-state index in [1.54, 1.807) is 17.0 Å². The van der Waals surface area contributed by atoms with Gasteiger partial charge in [-0.25, -0.2) is 4.39 Å². The van der Waals surface area contributed by atoms with Crippen LogP contribution in [-0.4, -0.2) is 47.2 Å². The molecule has 2 aliphatic rings. The second kappa shape index (κ2) is 9.15. The van der Waals surface area contributed by atoms with E-state index >= 15 is 0 Å². The van der Waals surface area contributed by atoms with E-state index in [1.807, 2.05) is 22.6 Å². The Morgan fingerprint density at radius 1 is 1.33 bits per heavy atom. The quantitative estimate of drug-likeness (QED) is 0.364. The number of aromatic nitrogens is 1. The van der Waals surface area contributed by atoms with Crippen molar-refractivity contribution in [1.29, 1.82) is 0 Å². The molecule has 2 aliphatic heterocycles. The summed E-state index contributed by atoms with van der Waals surface area (Å²) < 4.78 is 15.7.